The van der Waals surface area contributed by atoms with Crippen LogP contribution in [0.4, 0.5) is 4.39 Å². The zero-order valence-corrected chi connectivity index (χ0v) is 11.7. The molecule has 0 atom stereocenters. The predicted molar refractivity (Wildman–Crippen MR) is 70.7 cm³/mol. The van der Waals surface area contributed by atoms with E-state index in [4.69, 9.17) is 11.6 Å². The molecule has 19 heavy (non-hydrogen) atoms. The Morgan fingerprint density at radius 2 is 2.11 bits per heavy atom. The molecule has 5 nitrogen and oxygen atoms in total. The molecule has 1 aromatic carbocycles. The molecule has 2 aromatic rings. The number of aromatic nitrogens is 4. The monoisotopic (exact) mass is 283 g/mol. The summed E-state index contributed by atoms with van der Waals surface area (Å²) < 4.78 is 14.7. The van der Waals surface area contributed by atoms with Gasteiger partial charge in [-0.2, -0.15) is 4.68 Å². The quantitative estimate of drug-likeness (QED) is 0.939. The number of nitrogens with zero attached hydrogens (tertiary/aromatic N) is 4. The van der Waals surface area contributed by atoms with Crippen molar-refractivity contribution in [2.75, 3.05) is 0 Å². The molecule has 0 bridgehead atoms. The number of halogens is 2. The topological polar surface area (TPSA) is 55.6 Å². The maximum Gasteiger partial charge on any atom is 0.170 e. The van der Waals surface area contributed by atoms with Crippen molar-refractivity contribution in [2.24, 2.45) is 0 Å². The van der Waals surface area contributed by atoms with Crippen LogP contribution in [0, 0.1) is 5.82 Å². The van der Waals surface area contributed by atoms with Crippen LogP contribution in [-0.4, -0.2) is 25.7 Å². The first-order chi connectivity index (χ1) is 8.87. The van der Waals surface area contributed by atoms with E-state index in [1.165, 1.54) is 16.8 Å². The van der Waals surface area contributed by atoms with E-state index in [0.29, 0.717) is 18.1 Å². The van der Waals surface area contributed by atoms with E-state index in [1.807, 2.05) is 0 Å². The third kappa shape index (κ3) is 3.48. The fourth-order valence-electron chi connectivity index (χ4n) is 1.48. The van der Waals surface area contributed by atoms with E-state index in [2.05, 4.69) is 41.6 Å². The van der Waals surface area contributed by atoms with Gasteiger partial charge in [0.05, 0.1) is 17.3 Å². The lowest BCUT2D eigenvalue weighted by Crippen LogP contribution is -2.35. The molecular formula is C12H15ClFN5. The Hall–Kier alpha value is -1.53. The van der Waals surface area contributed by atoms with Crippen LogP contribution in [-0.2, 0) is 6.54 Å². The SMILES string of the molecule is CC(C)(C)NCc1nnnn1-c1ccc(F)c(Cl)c1. The summed E-state index contributed by atoms with van der Waals surface area (Å²) in [6.45, 7) is 6.66. The van der Waals surface area contributed by atoms with Crippen molar-refractivity contribution in [1.82, 2.24) is 25.5 Å². The second-order valence-corrected chi connectivity index (χ2v) is 5.62. The molecule has 0 aliphatic heterocycles. The zero-order valence-electron chi connectivity index (χ0n) is 11.0. The number of nitrogens with one attached hydrogen (secondary N) is 1. The van der Waals surface area contributed by atoms with Gasteiger partial charge in [0.25, 0.3) is 0 Å². The number of hydrogen-bond donors (Lipinski definition) is 1. The van der Waals surface area contributed by atoms with Gasteiger partial charge < -0.3 is 5.32 Å². The summed E-state index contributed by atoms with van der Waals surface area (Å²) in [5, 5.41) is 14.8. The van der Waals surface area contributed by atoms with Crippen molar-refractivity contribution < 1.29 is 4.39 Å². The molecule has 0 radical (unpaired) electrons. The molecular weight excluding hydrogens is 269 g/mol. The number of tetrazole rings is 1. The molecule has 1 aromatic heterocycles. The van der Waals surface area contributed by atoms with Gasteiger partial charge >= 0.3 is 0 Å². The van der Waals surface area contributed by atoms with Crippen LogP contribution >= 0.6 is 11.6 Å². The smallest absolute Gasteiger partial charge is 0.170 e. The summed E-state index contributed by atoms with van der Waals surface area (Å²) >= 11 is 5.76. The highest BCUT2D eigenvalue weighted by Crippen LogP contribution is 2.18. The molecule has 0 saturated heterocycles. The van der Waals surface area contributed by atoms with Crippen LogP contribution in [0.2, 0.25) is 5.02 Å². The Kier molecular flexibility index (Phi) is 3.82. The van der Waals surface area contributed by atoms with E-state index in [9.17, 15) is 4.39 Å². The lowest BCUT2D eigenvalue weighted by Gasteiger charge is -2.19. The highest BCUT2D eigenvalue weighted by molar-refractivity contribution is 6.30. The van der Waals surface area contributed by atoms with Gasteiger partial charge in [-0.25, -0.2) is 4.39 Å². The van der Waals surface area contributed by atoms with Crippen molar-refractivity contribution in [1.29, 1.82) is 0 Å². The maximum absolute atomic E-state index is 13.1. The lowest BCUT2D eigenvalue weighted by molar-refractivity contribution is 0.415. The second-order valence-electron chi connectivity index (χ2n) is 5.21. The largest absolute Gasteiger partial charge is 0.305 e. The van der Waals surface area contributed by atoms with Crippen molar-refractivity contribution in [2.45, 2.75) is 32.9 Å². The van der Waals surface area contributed by atoms with Gasteiger partial charge in [0.2, 0.25) is 0 Å². The van der Waals surface area contributed by atoms with E-state index >= 15 is 0 Å². The Morgan fingerprint density at radius 3 is 2.74 bits per heavy atom. The average molecular weight is 284 g/mol. The van der Waals surface area contributed by atoms with E-state index in [1.54, 1.807) is 6.07 Å². The van der Waals surface area contributed by atoms with Gasteiger partial charge in [-0.05, 0) is 49.4 Å². The Labute approximate surface area is 115 Å². The molecule has 0 aliphatic rings. The van der Waals surface area contributed by atoms with Crippen molar-refractivity contribution >= 4 is 11.6 Å². The Bertz CT molecular complexity index is 576. The van der Waals surface area contributed by atoms with E-state index in [0.717, 1.165) is 0 Å². The molecule has 0 saturated carbocycles. The van der Waals surface area contributed by atoms with Crippen LogP contribution in [0.5, 0.6) is 0 Å². The third-order valence-corrected chi connectivity index (χ3v) is 2.75. The van der Waals surface area contributed by atoms with Crippen LogP contribution < -0.4 is 5.32 Å². The molecule has 0 unspecified atom stereocenters. The first kappa shape index (κ1) is 13.9. The van der Waals surface area contributed by atoms with Crippen LogP contribution in [0.15, 0.2) is 18.2 Å². The summed E-state index contributed by atoms with van der Waals surface area (Å²) in [5.41, 5.74) is 0.583. The number of benzene rings is 1. The van der Waals surface area contributed by atoms with Crippen molar-refractivity contribution in [3.8, 4) is 5.69 Å². The first-order valence-electron chi connectivity index (χ1n) is 5.84. The predicted octanol–water partition coefficient (Wildman–Crippen LogP) is 2.34. The summed E-state index contributed by atoms with van der Waals surface area (Å²) in [4.78, 5) is 0. The molecule has 0 spiro atoms. The molecule has 0 amide bonds. The molecule has 1 N–H and O–H groups in total. The molecule has 7 heteroatoms. The van der Waals surface area contributed by atoms with Crippen LogP contribution in [0.25, 0.3) is 5.69 Å². The van der Waals surface area contributed by atoms with Gasteiger partial charge in [-0.3, -0.25) is 0 Å². The summed E-state index contributed by atoms with van der Waals surface area (Å²) in [6, 6.07) is 4.37. The van der Waals surface area contributed by atoms with Gasteiger partial charge in [-0.1, -0.05) is 11.6 Å². The Balaban J connectivity index is 2.26. The molecule has 2 rings (SSSR count). The fourth-order valence-corrected chi connectivity index (χ4v) is 1.65. The molecule has 1 heterocycles. The fraction of sp³-hybridized carbons (Fsp3) is 0.417. The van der Waals surface area contributed by atoms with Crippen molar-refractivity contribution in [3.05, 3.63) is 34.9 Å². The maximum atomic E-state index is 13.1. The van der Waals surface area contributed by atoms with E-state index in [-0.39, 0.29) is 10.6 Å². The zero-order chi connectivity index (χ0) is 14.0. The minimum absolute atomic E-state index is 0.0442. The first-order valence-corrected chi connectivity index (χ1v) is 6.22. The number of rotatable bonds is 3. The van der Waals surface area contributed by atoms with Crippen LogP contribution in [0.1, 0.15) is 26.6 Å². The minimum Gasteiger partial charge on any atom is -0.305 e. The van der Waals surface area contributed by atoms with Gasteiger partial charge in [-0.15, -0.1) is 5.10 Å². The normalized spacial score (nSPS) is 11.8. The summed E-state index contributed by atoms with van der Waals surface area (Å²) in [5.74, 6) is 0.172. The average Bonchev–Trinajstić information content (AvgIpc) is 2.77. The number of hydrogen-bond acceptors (Lipinski definition) is 4. The summed E-state index contributed by atoms with van der Waals surface area (Å²) in [6.07, 6.45) is 0. The second kappa shape index (κ2) is 5.22. The minimum atomic E-state index is -0.465. The third-order valence-electron chi connectivity index (χ3n) is 2.46. The van der Waals surface area contributed by atoms with Gasteiger partial charge in [0.15, 0.2) is 5.82 Å². The lowest BCUT2D eigenvalue weighted by atomic mass is 10.1. The van der Waals surface area contributed by atoms with Gasteiger partial charge in [0.1, 0.15) is 5.82 Å². The standard InChI is InChI=1S/C12H15ClFN5/c1-12(2,3)15-7-11-16-17-18-19(11)8-4-5-10(14)9(13)6-8/h4-6,15H,7H2,1-3H3. The Morgan fingerprint density at radius 1 is 1.37 bits per heavy atom. The molecule has 102 valence electrons. The van der Waals surface area contributed by atoms with Gasteiger partial charge in [0, 0.05) is 5.54 Å². The van der Waals surface area contributed by atoms with Crippen molar-refractivity contribution in [3.63, 3.8) is 0 Å². The van der Waals surface area contributed by atoms with E-state index < -0.39 is 5.82 Å². The molecule has 0 aliphatic carbocycles. The van der Waals surface area contributed by atoms with Crippen LogP contribution in [0.3, 0.4) is 0 Å². The highest BCUT2D eigenvalue weighted by Gasteiger charge is 2.14. The summed E-state index contributed by atoms with van der Waals surface area (Å²) in [7, 11) is 0. The molecule has 0 fully saturated rings. The highest BCUT2D eigenvalue weighted by atomic mass is 35.5.